The van der Waals surface area contributed by atoms with E-state index in [2.05, 4.69) is 6.92 Å². The Balaban J connectivity index is 1.40. The molecule has 244 valence electrons. The van der Waals surface area contributed by atoms with Crippen molar-refractivity contribution < 1.29 is 37.3 Å². The zero-order valence-corrected chi connectivity index (χ0v) is 28.5. The van der Waals surface area contributed by atoms with Gasteiger partial charge in [-0.05, 0) is 44.5 Å². The second-order valence-corrected chi connectivity index (χ2v) is 13.6. The van der Waals surface area contributed by atoms with Gasteiger partial charge in [0.1, 0.15) is 30.0 Å². The standard InChI is InChI=1S/C34H50NO7PS/c1-5-6-7-8-9-10-11-12-13-16-22-39-32-20-17-21-33(29(32)3)40-25-31(38-4)26-41-43(36,37)42-34-19-15-14-18-30(34)24-35-23-28(2)44-27-35/h14-15,17-21,23,27,31H,5-13,16,22,24-26H2,1-4H3. The van der Waals surface area contributed by atoms with E-state index in [4.69, 9.17) is 23.3 Å². The molecule has 1 aromatic heterocycles. The van der Waals surface area contributed by atoms with E-state index in [1.165, 1.54) is 64.9 Å². The Hall–Kier alpha value is -2.42. The van der Waals surface area contributed by atoms with Gasteiger partial charge < -0.3 is 28.2 Å². The average molecular weight is 648 g/mol. The molecular formula is C34H50NO7PS. The van der Waals surface area contributed by atoms with Crippen LogP contribution in [0.3, 0.4) is 0 Å². The highest BCUT2D eigenvalue weighted by Crippen LogP contribution is 2.41. The number of benzene rings is 2. The predicted octanol–water partition coefficient (Wildman–Crippen LogP) is 7.96. The van der Waals surface area contributed by atoms with Crippen molar-refractivity contribution in [3.8, 4) is 17.2 Å². The molecule has 0 aliphatic carbocycles. The lowest BCUT2D eigenvalue weighted by atomic mass is 10.1. The van der Waals surface area contributed by atoms with E-state index in [0.717, 1.165) is 28.2 Å². The van der Waals surface area contributed by atoms with Gasteiger partial charge in [-0.1, -0.05) is 94.2 Å². The molecule has 0 saturated carbocycles. The SMILES string of the molecule is CCCCCCCCCCCCOc1cccc(OCC(COP(=O)([O-])Oc2ccccc2C[n+]2csc(C)c2)OC)c1C. The van der Waals surface area contributed by atoms with Gasteiger partial charge in [0.05, 0.1) is 23.7 Å². The molecule has 0 N–H and O–H groups in total. The quantitative estimate of drug-likeness (QED) is 0.0586. The molecule has 0 saturated heterocycles. The summed E-state index contributed by atoms with van der Waals surface area (Å²) < 4.78 is 42.7. The largest absolute Gasteiger partial charge is 0.746 e. The lowest BCUT2D eigenvalue weighted by Gasteiger charge is -2.26. The van der Waals surface area contributed by atoms with Gasteiger partial charge in [0.15, 0.2) is 12.7 Å². The number of ether oxygens (including phenoxy) is 3. The van der Waals surface area contributed by atoms with Crippen LogP contribution in [-0.4, -0.2) is 33.0 Å². The maximum absolute atomic E-state index is 12.7. The monoisotopic (exact) mass is 647 g/mol. The molecule has 0 aliphatic heterocycles. The van der Waals surface area contributed by atoms with E-state index in [1.807, 2.05) is 60.5 Å². The molecule has 8 nitrogen and oxygen atoms in total. The lowest BCUT2D eigenvalue weighted by Crippen LogP contribution is -2.31. The van der Waals surface area contributed by atoms with Crippen LogP contribution in [0.25, 0.3) is 0 Å². The summed E-state index contributed by atoms with van der Waals surface area (Å²) in [5.74, 6) is 1.68. The van der Waals surface area contributed by atoms with Crippen LogP contribution in [0.1, 0.15) is 87.1 Å². The minimum Gasteiger partial charge on any atom is -0.746 e. The van der Waals surface area contributed by atoms with Crippen LogP contribution < -0.4 is 23.5 Å². The molecule has 0 amide bonds. The molecule has 0 bridgehead atoms. The van der Waals surface area contributed by atoms with Crippen molar-refractivity contribution in [1.82, 2.24) is 0 Å². The fraction of sp³-hybridized carbons (Fsp3) is 0.559. The highest BCUT2D eigenvalue weighted by atomic mass is 32.1. The summed E-state index contributed by atoms with van der Waals surface area (Å²) in [6.07, 6.45) is 14.2. The van der Waals surface area contributed by atoms with Crippen LogP contribution in [0.2, 0.25) is 0 Å². The Labute approximate surface area is 267 Å². The summed E-state index contributed by atoms with van der Waals surface area (Å²) >= 11 is 1.62. The molecular weight excluding hydrogens is 597 g/mol. The molecule has 3 rings (SSSR count). The molecule has 0 fully saturated rings. The summed E-state index contributed by atoms with van der Waals surface area (Å²) in [4.78, 5) is 13.9. The van der Waals surface area contributed by atoms with Gasteiger partial charge in [-0.15, -0.1) is 0 Å². The van der Waals surface area contributed by atoms with Gasteiger partial charge in [-0.2, -0.15) is 4.57 Å². The molecule has 2 aromatic carbocycles. The first-order chi connectivity index (χ1) is 21.3. The van der Waals surface area contributed by atoms with Crippen LogP contribution in [0.5, 0.6) is 17.2 Å². The van der Waals surface area contributed by atoms with Gasteiger partial charge in [0, 0.05) is 12.7 Å². The van der Waals surface area contributed by atoms with Gasteiger partial charge in [0.2, 0.25) is 5.51 Å². The van der Waals surface area contributed by atoms with Crippen LogP contribution in [0.4, 0.5) is 0 Å². The molecule has 0 spiro atoms. The Morgan fingerprint density at radius 2 is 1.48 bits per heavy atom. The first kappa shape index (κ1) is 36.1. The number of aromatic nitrogens is 1. The Morgan fingerprint density at radius 3 is 2.14 bits per heavy atom. The minimum atomic E-state index is -4.66. The summed E-state index contributed by atoms with van der Waals surface area (Å²) in [5, 5.41) is 0. The van der Waals surface area contributed by atoms with Crippen molar-refractivity contribution in [2.45, 2.75) is 97.6 Å². The number of aryl methyl sites for hydroxylation is 1. The molecule has 44 heavy (non-hydrogen) atoms. The molecule has 3 aromatic rings. The average Bonchev–Trinajstić information content (AvgIpc) is 3.42. The number of phosphoric ester groups is 1. The predicted molar refractivity (Wildman–Crippen MR) is 174 cm³/mol. The zero-order chi connectivity index (χ0) is 31.6. The number of methoxy groups -OCH3 is 1. The maximum Gasteiger partial charge on any atom is 0.319 e. The third-order valence-corrected chi connectivity index (χ3v) is 9.16. The number of hydrogen-bond acceptors (Lipinski definition) is 8. The third kappa shape index (κ3) is 13.3. The summed E-state index contributed by atoms with van der Waals surface area (Å²) in [6.45, 7) is 7.23. The van der Waals surface area contributed by atoms with Crippen molar-refractivity contribution in [3.05, 3.63) is 70.2 Å². The van der Waals surface area contributed by atoms with E-state index >= 15 is 0 Å². The van der Waals surface area contributed by atoms with Gasteiger partial charge in [-0.3, -0.25) is 4.57 Å². The number of phosphoric acid groups is 1. The van der Waals surface area contributed by atoms with Crippen molar-refractivity contribution in [3.63, 3.8) is 0 Å². The molecule has 2 unspecified atom stereocenters. The van der Waals surface area contributed by atoms with Gasteiger partial charge in [0.25, 0.3) is 0 Å². The fourth-order valence-corrected chi connectivity index (χ4v) is 6.27. The van der Waals surface area contributed by atoms with Crippen LogP contribution in [0, 0.1) is 13.8 Å². The number of rotatable bonds is 23. The molecule has 0 aliphatic rings. The van der Waals surface area contributed by atoms with Crippen LogP contribution >= 0.6 is 19.2 Å². The summed E-state index contributed by atoms with van der Waals surface area (Å²) in [6, 6.07) is 12.7. The highest BCUT2D eigenvalue weighted by molar-refractivity contribution is 7.46. The Kier molecular flexibility index (Phi) is 16.3. The Bertz CT molecular complexity index is 1280. The molecule has 10 heteroatoms. The first-order valence-corrected chi connectivity index (χ1v) is 18.2. The number of para-hydroxylation sites is 1. The van der Waals surface area contributed by atoms with E-state index in [-0.39, 0.29) is 19.0 Å². The summed E-state index contributed by atoms with van der Waals surface area (Å²) in [7, 11) is -3.18. The number of thiazole rings is 1. The fourth-order valence-electron chi connectivity index (χ4n) is 4.82. The topological polar surface area (TPSA) is 90.2 Å². The lowest BCUT2D eigenvalue weighted by molar-refractivity contribution is -0.683. The number of nitrogens with zero attached hydrogens (tertiary/aromatic N) is 1. The second kappa shape index (κ2) is 19.9. The Morgan fingerprint density at radius 1 is 0.841 bits per heavy atom. The normalized spacial score (nSPS) is 13.4. The van der Waals surface area contributed by atoms with Crippen LogP contribution in [-0.2, 0) is 20.4 Å². The van der Waals surface area contributed by atoms with Crippen molar-refractivity contribution in [2.75, 3.05) is 26.9 Å². The van der Waals surface area contributed by atoms with Crippen molar-refractivity contribution >= 4 is 19.2 Å². The second-order valence-electron chi connectivity index (χ2n) is 11.2. The van der Waals surface area contributed by atoms with E-state index in [0.29, 0.717) is 18.9 Å². The zero-order valence-electron chi connectivity index (χ0n) is 26.8. The third-order valence-electron chi connectivity index (χ3n) is 7.42. The smallest absolute Gasteiger partial charge is 0.319 e. The van der Waals surface area contributed by atoms with E-state index in [1.54, 1.807) is 23.5 Å². The van der Waals surface area contributed by atoms with Gasteiger partial charge >= 0.3 is 7.82 Å². The van der Waals surface area contributed by atoms with Gasteiger partial charge in [-0.25, -0.2) is 0 Å². The number of unbranched alkanes of at least 4 members (excludes halogenated alkanes) is 9. The summed E-state index contributed by atoms with van der Waals surface area (Å²) in [5.41, 5.74) is 3.60. The highest BCUT2D eigenvalue weighted by Gasteiger charge is 2.20. The molecule has 1 heterocycles. The minimum absolute atomic E-state index is 0.101. The van der Waals surface area contributed by atoms with Crippen LogP contribution in [0.15, 0.2) is 54.2 Å². The first-order valence-electron chi connectivity index (χ1n) is 15.9. The maximum atomic E-state index is 12.7. The van der Waals surface area contributed by atoms with Crippen molar-refractivity contribution in [2.24, 2.45) is 0 Å². The molecule has 0 radical (unpaired) electrons. The van der Waals surface area contributed by atoms with E-state index < -0.39 is 13.9 Å². The van der Waals surface area contributed by atoms with Crippen molar-refractivity contribution in [1.29, 1.82) is 0 Å². The number of hydrogen-bond donors (Lipinski definition) is 0. The molecule has 2 atom stereocenters. The van der Waals surface area contributed by atoms with E-state index in [9.17, 15) is 9.46 Å².